The van der Waals surface area contributed by atoms with Gasteiger partial charge in [-0.05, 0) is 79.8 Å². The predicted octanol–water partition coefficient (Wildman–Crippen LogP) is 6.83. The molecule has 43 heavy (non-hydrogen) atoms. The van der Waals surface area contributed by atoms with Gasteiger partial charge in [-0.2, -0.15) is 13.2 Å². The number of alkyl halides is 3. The second-order valence-corrected chi connectivity index (χ2v) is 12.2. The van der Waals surface area contributed by atoms with E-state index in [1.54, 1.807) is 24.3 Å². The van der Waals surface area contributed by atoms with Crippen LogP contribution in [0.3, 0.4) is 0 Å². The Morgan fingerprint density at radius 1 is 0.698 bits per heavy atom. The molecule has 1 atom stereocenters. The lowest BCUT2D eigenvalue weighted by Gasteiger charge is -2.43. The number of hydrogen-bond acceptors (Lipinski definition) is 4. The van der Waals surface area contributed by atoms with Crippen LogP contribution in [0.5, 0.6) is 0 Å². The third-order valence-electron chi connectivity index (χ3n) is 9.13. The van der Waals surface area contributed by atoms with E-state index in [1.807, 2.05) is 30.3 Å². The molecule has 0 amide bonds. The molecule has 5 rings (SSSR count). The number of aryl methyl sites for hydroxylation is 1. The topological polar surface area (TPSA) is 13.0 Å². The zero-order valence-electron chi connectivity index (χ0n) is 25.4. The third-order valence-corrected chi connectivity index (χ3v) is 9.13. The molecule has 0 bridgehead atoms. The van der Waals surface area contributed by atoms with Crippen molar-refractivity contribution in [1.29, 1.82) is 0 Å². The normalized spacial score (nSPS) is 18.8. The predicted molar refractivity (Wildman–Crippen MR) is 166 cm³/mol. The Kier molecular flexibility index (Phi) is 10.5. The molecule has 4 nitrogen and oxygen atoms in total. The molecular weight excluding hydrogens is 552 g/mol. The van der Waals surface area contributed by atoms with Crippen LogP contribution in [0, 0.1) is 5.82 Å². The van der Waals surface area contributed by atoms with E-state index < -0.39 is 11.7 Å². The Bertz CT molecular complexity index is 1280. The van der Waals surface area contributed by atoms with E-state index in [-0.39, 0.29) is 11.9 Å². The van der Waals surface area contributed by atoms with Crippen molar-refractivity contribution in [2.45, 2.75) is 44.9 Å². The van der Waals surface area contributed by atoms with Crippen molar-refractivity contribution in [1.82, 2.24) is 19.6 Å². The minimum absolute atomic E-state index is 0.192. The summed E-state index contributed by atoms with van der Waals surface area (Å²) in [5.41, 5.74) is 3.56. The lowest BCUT2D eigenvalue weighted by Crippen LogP contribution is -2.53. The highest BCUT2D eigenvalue weighted by Crippen LogP contribution is 2.32. The van der Waals surface area contributed by atoms with Crippen LogP contribution in [0.2, 0.25) is 0 Å². The number of rotatable bonds is 10. The first-order valence-electron chi connectivity index (χ1n) is 15.6. The summed E-state index contributed by atoms with van der Waals surface area (Å²) in [4.78, 5) is 10.2. The number of hydrogen-bond donors (Lipinski definition) is 0. The van der Waals surface area contributed by atoms with Crippen LogP contribution < -0.4 is 0 Å². The summed E-state index contributed by atoms with van der Waals surface area (Å²) in [5.74, 6) is -0.192. The van der Waals surface area contributed by atoms with Crippen molar-refractivity contribution >= 4 is 0 Å². The standard InChI is InChI=1S/C35H44F4N4/c1-27(2)42-22-24-43(25-23-42)34(30-11-15-32(36)16-12-30)26-41-20-18-40(19-21-41)17-5-7-28-6-3-4-8-33(28)29-9-13-31(14-10-29)35(37,38)39/h3-4,6,8-16,27,34H,5,7,17-26H2,1-2H3. The zero-order chi connectivity index (χ0) is 30.4. The summed E-state index contributed by atoms with van der Waals surface area (Å²) in [5, 5.41) is 0. The van der Waals surface area contributed by atoms with Crippen LogP contribution in [0.1, 0.15) is 43.0 Å². The van der Waals surface area contributed by atoms with E-state index >= 15 is 0 Å². The van der Waals surface area contributed by atoms with Gasteiger partial charge < -0.3 is 4.90 Å². The smallest absolute Gasteiger partial charge is 0.301 e. The fourth-order valence-electron chi connectivity index (χ4n) is 6.47. The molecule has 2 aliphatic heterocycles. The van der Waals surface area contributed by atoms with E-state index in [2.05, 4.69) is 39.5 Å². The van der Waals surface area contributed by atoms with Crippen molar-refractivity contribution in [2.75, 3.05) is 65.4 Å². The highest BCUT2D eigenvalue weighted by Gasteiger charge is 2.30. The minimum atomic E-state index is -4.33. The van der Waals surface area contributed by atoms with Crippen LogP contribution in [0.15, 0.2) is 72.8 Å². The van der Waals surface area contributed by atoms with Gasteiger partial charge in [-0.15, -0.1) is 0 Å². The van der Waals surface area contributed by atoms with Crippen molar-refractivity contribution < 1.29 is 17.6 Å². The molecule has 0 spiro atoms. The summed E-state index contributed by atoms with van der Waals surface area (Å²) >= 11 is 0. The number of nitrogens with zero attached hydrogens (tertiary/aromatic N) is 4. The Balaban J connectivity index is 1.13. The van der Waals surface area contributed by atoms with Crippen LogP contribution >= 0.6 is 0 Å². The lowest BCUT2D eigenvalue weighted by atomic mass is 9.96. The molecule has 0 radical (unpaired) electrons. The molecule has 1 unspecified atom stereocenters. The van der Waals surface area contributed by atoms with Gasteiger partial charge in [-0.25, -0.2) is 4.39 Å². The largest absolute Gasteiger partial charge is 0.416 e. The van der Waals surface area contributed by atoms with Gasteiger partial charge in [-0.3, -0.25) is 14.7 Å². The first-order valence-corrected chi connectivity index (χ1v) is 15.6. The molecule has 2 fully saturated rings. The molecule has 0 N–H and O–H groups in total. The van der Waals surface area contributed by atoms with Gasteiger partial charge in [0.25, 0.3) is 0 Å². The number of piperazine rings is 2. The minimum Gasteiger partial charge on any atom is -0.301 e. The van der Waals surface area contributed by atoms with E-state index in [9.17, 15) is 17.6 Å². The maximum atomic E-state index is 13.7. The van der Waals surface area contributed by atoms with Gasteiger partial charge in [0.2, 0.25) is 0 Å². The lowest BCUT2D eigenvalue weighted by molar-refractivity contribution is -0.137. The van der Waals surface area contributed by atoms with Gasteiger partial charge in [0, 0.05) is 71.0 Å². The second kappa shape index (κ2) is 14.3. The monoisotopic (exact) mass is 596 g/mol. The van der Waals surface area contributed by atoms with E-state index in [1.165, 1.54) is 11.1 Å². The SMILES string of the molecule is CC(C)N1CCN(C(CN2CCN(CCCc3ccccc3-c3ccc(C(F)(F)F)cc3)CC2)c2ccc(F)cc2)CC1. The first kappa shape index (κ1) is 31.6. The molecule has 8 heteroatoms. The average molecular weight is 597 g/mol. The molecular formula is C35H44F4N4. The Labute approximate surface area is 253 Å². The van der Waals surface area contributed by atoms with E-state index in [4.69, 9.17) is 0 Å². The summed E-state index contributed by atoms with van der Waals surface area (Å²) in [6.45, 7) is 14.6. The fraction of sp³-hybridized carbons (Fsp3) is 0.486. The molecule has 2 heterocycles. The molecule has 2 aliphatic rings. The van der Waals surface area contributed by atoms with Gasteiger partial charge in [0.05, 0.1) is 5.56 Å². The molecule has 2 saturated heterocycles. The highest BCUT2D eigenvalue weighted by atomic mass is 19.4. The number of halogens is 4. The quantitative estimate of drug-likeness (QED) is 0.238. The summed E-state index contributed by atoms with van der Waals surface area (Å²) < 4.78 is 52.8. The molecule has 0 aliphatic carbocycles. The first-order chi connectivity index (χ1) is 20.7. The van der Waals surface area contributed by atoms with Crippen molar-refractivity contribution in [2.24, 2.45) is 0 Å². The summed E-state index contributed by atoms with van der Waals surface area (Å²) in [6.07, 6.45) is -2.45. The van der Waals surface area contributed by atoms with Gasteiger partial charge in [0.1, 0.15) is 5.82 Å². The van der Waals surface area contributed by atoms with E-state index in [0.29, 0.717) is 6.04 Å². The molecule has 232 valence electrons. The number of benzene rings is 3. The van der Waals surface area contributed by atoms with Crippen LogP contribution in [-0.2, 0) is 12.6 Å². The zero-order valence-corrected chi connectivity index (χ0v) is 25.4. The molecule has 3 aromatic carbocycles. The van der Waals surface area contributed by atoms with Crippen molar-refractivity contribution in [3.8, 4) is 11.1 Å². The summed E-state index contributed by atoms with van der Waals surface area (Å²) in [7, 11) is 0. The highest BCUT2D eigenvalue weighted by molar-refractivity contribution is 5.67. The third kappa shape index (κ3) is 8.44. The Hall–Kier alpha value is -2.78. The maximum absolute atomic E-state index is 13.7. The molecule has 3 aromatic rings. The van der Waals surface area contributed by atoms with Gasteiger partial charge >= 0.3 is 6.18 Å². The maximum Gasteiger partial charge on any atom is 0.416 e. The molecule has 0 aromatic heterocycles. The van der Waals surface area contributed by atoms with Gasteiger partial charge in [0.15, 0.2) is 0 Å². The van der Waals surface area contributed by atoms with Crippen LogP contribution in [0.4, 0.5) is 17.6 Å². The fourth-order valence-corrected chi connectivity index (χ4v) is 6.47. The Morgan fingerprint density at radius 3 is 1.93 bits per heavy atom. The summed E-state index contributed by atoms with van der Waals surface area (Å²) in [6, 6.07) is 21.4. The molecule has 0 saturated carbocycles. The van der Waals surface area contributed by atoms with Gasteiger partial charge in [-0.1, -0.05) is 48.5 Å². The Morgan fingerprint density at radius 2 is 1.30 bits per heavy atom. The van der Waals surface area contributed by atoms with E-state index in [0.717, 1.165) is 102 Å². The van der Waals surface area contributed by atoms with Crippen LogP contribution in [0.25, 0.3) is 11.1 Å². The van der Waals surface area contributed by atoms with Crippen molar-refractivity contribution in [3.63, 3.8) is 0 Å². The second-order valence-electron chi connectivity index (χ2n) is 12.2. The van der Waals surface area contributed by atoms with Crippen molar-refractivity contribution in [3.05, 3.63) is 95.3 Å². The average Bonchev–Trinajstić information content (AvgIpc) is 3.01. The van der Waals surface area contributed by atoms with Crippen LogP contribution in [-0.4, -0.2) is 91.1 Å².